The minimum atomic E-state index is -0.300. The Morgan fingerprint density at radius 1 is 1.32 bits per heavy atom. The molecule has 1 saturated carbocycles. The van der Waals surface area contributed by atoms with Crippen LogP contribution in [0.1, 0.15) is 31.2 Å². The van der Waals surface area contributed by atoms with E-state index in [1.807, 2.05) is 13.0 Å². The van der Waals surface area contributed by atoms with E-state index in [2.05, 4.69) is 10.3 Å². The fourth-order valence-corrected chi connectivity index (χ4v) is 3.15. The van der Waals surface area contributed by atoms with Crippen molar-refractivity contribution in [1.29, 1.82) is 0 Å². The van der Waals surface area contributed by atoms with Gasteiger partial charge >= 0.3 is 0 Å². The number of halogens is 1. The first-order valence-corrected chi connectivity index (χ1v) is 7.22. The van der Waals surface area contributed by atoms with Gasteiger partial charge < -0.3 is 14.8 Å². The number of aryl methyl sites for hydroxylation is 1. The molecule has 3 rings (SSSR count). The monoisotopic (exact) mass is 282 g/mol. The average Bonchev–Trinajstić information content (AvgIpc) is 2.85. The number of aromatic nitrogens is 1. The third-order valence-corrected chi connectivity index (χ3v) is 4.31. The van der Waals surface area contributed by atoms with Gasteiger partial charge in [-0.2, -0.15) is 0 Å². The summed E-state index contributed by atoms with van der Waals surface area (Å²) in [5, 5.41) is 4.07. The lowest BCUT2D eigenvalue weighted by Crippen LogP contribution is -2.39. The number of hydrogen-bond acceptors (Lipinski definition) is 4. The SMILES string of the molecule is Cc1ccnc(Cl)c1NC1CCC2(CC1)OCCO2. The van der Waals surface area contributed by atoms with Gasteiger partial charge in [-0.3, -0.25) is 0 Å². The average molecular weight is 283 g/mol. The number of rotatable bonds is 2. The Morgan fingerprint density at radius 3 is 2.63 bits per heavy atom. The lowest BCUT2D eigenvalue weighted by molar-refractivity contribution is -0.177. The summed E-state index contributed by atoms with van der Waals surface area (Å²) in [7, 11) is 0. The van der Waals surface area contributed by atoms with E-state index >= 15 is 0 Å². The van der Waals surface area contributed by atoms with Crippen molar-refractivity contribution < 1.29 is 9.47 Å². The number of hydrogen-bond donors (Lipinski definition) is 1. The Kier molecular flexibility index (Phi) is 3.65. The van der Waals surface area contributed by atoms with Crippen LogP contribution in [0.5, 0.6) is 0 Å². The first kappa shape index (κ1) is 13.2. The number of nitrogens with one attached hydrogen (secondary N) is 1. The number of ether oxygens (including phenoxy) is 2. The van der Waals surface area contributed by atoms with E-state index in [0.29, 0.717) is 11.2 Å². The van der Waals surface area contributed by atoms with Gasteiger partial charge in [-0.05, 0) is 31.4 Å². The van der Waals surface area contributed by atoms with Crippen molar-refractivity contribution in [2.75, 3.05) is 18.5 Å². The van der Waals surface area contributed by atoms with Crippen LogP contribution in [-0.4, -0.2) is 30.0 Å². The maximum Gasteiger partial charge on any atom is 0.168 e. The lowest BCUT2D eigenvalue weighted by atomic mass is 9.90. The van der Waals surface area contributed by atoms with E-state index in [1.54, 1.807) is 6.20 Å². The van der Waals surface area contributed by atoms with Crippen molar-refractivity contribution in [1.82, 2.24) is 4.98 Å². The van der Waals surface area contributed by atoms with E-state index in [4.69, 9.17) is 21.1 Å². The molecule has 1 saturated heterocycles. The molecule has 1 aliphatic heterocycles. The maximum absolute atomic E-state index is 6.15. The van der Waals surface area contributed by atoms with Gasteiger partial charge in [-0.25, -0.2) is 4.98 Å². The summed E-state index contributed by atoms with van der Waals surface area (Å²) in [6.45, 7) is 3.50. The van der Waals surface area contributed by atoms with E-state index in [1.165, 1.54) is 0 Å². The highest BCUT2D eigenvalue weighted by Crippen LogP contribution is 2.37. The van der Waals surface area contributed by atoms with Crippen LogP contribution >= 0.6 is 11.6 Å². The van der Waals surface area contributed by atoms with E-state index in [-0.39, 0.29) is 5.79 Å². The molecule has 0 unspecified atom stereocenters. The van der Waals surface area contributed by atoms with E-state index in [9.17, 15) is 0 Å². The Labute approximate surface area is 118 Å². The van der Waals surface area contributed by atoms with Crippen LogP contribution in [-0.2, 0) is 9.47 Å². The Bertz CT molecular complexity index is 431. The predicted molar refractivity (Wildman–Crippen MR) is 74.5 cm³/mol. The Balaban J connectivity index is 1.63. The minimum Gasteiger partial charge on any atom is -0.380 e. The van der Waals surface area contributed by atoms with Crippen molar-refractivity contribution in [3.63, 3.8) is 0 Å². The molecule has 1 spiro atoms. The second kappa shape index (κ2) is 5.27. The summed E-state index contributed by atoms with van der Waals surface area (Å²) >= 11 is 6.15. The number of anilines is 1. The molecule has 19 heavy (non-hydrogen) atoms. The molecule has 0 amide bonds. The molecule has 2 heterocycles. The van der Waals surface area contributed by atoms with Crippen LogP contribution in [0, 0.1) is 6.92 Å². The van der Waals surface area contributed by atoms with Crippen molar-refractivity contribution in [3.8, 4) is 0 Å². The maximum atomic E-state index is 6.15. The second-order valence-electron chi connectivity index (χ2n) is 5.32. The molecule has 1 aliphatic carbocycles. The van der Waals surface area contributed by atoms with Crippen molar-refractivity contribution in [3.05, 3.63) is 23.0 Å². The van der Waals surface area contributed by atoms with Gasteiger partial charge in [-0.15, -0.1) is 0 Å². The standard InChI is InChI=1S/C14H19ClN2O2/c1-10-4-7-16-13(15)12(10)17-11-2-5-14(6-3-11)18-8-9-19-14/h4,7,11,17H,2-3,5-6,8-9H2,1H3. The molecular weight excluding hydrogens is 264 g/mol. The van der Waals surface area contributed by atoms with Gasteiger partial charge in [0.05, 0.1) is 18.9 Å². The summed E-state index contributed by atoms with van der Waals surface area (Å²) in [4.78, 5) is 4.13. The van der Waals surface area contributed by atoms with E-state index < -0.39 is 0 Å². The molecule has 4 nitrogen and oxygen atoms in total. The van der Waals surface area contributed by atoms with Gasteiger partial charge in [-0.1, -0.05) is 11.6 Å². The second-order valence-corrected chi connectivity index (χ2v) is 5.68. The normalized spacial score (nSPS) is 22.8. The quantitative estimate of drug-likeness (QED) is 0.847. The fraction of sp³-hybridized carbons (Fsp3) is 0.643. The molecule has 0 atom stereocenters. The molecule has 5 heteroatoms. The highest BCUT2D eigenvalue weighted by Gasteiger charge is 2.40. The zero-order chi connectivity index (χ0) is 13.3. The van der Waals surface area contributed by atoms with Crippen LogP contribution in [0.15, 0.2) is 12.3 Å². The van der Waals surface area contributed by atoms with Crippen molar-refractivity contribution in [2.24, 2.45) is 0 Å². The van der Waals surface area contributed by atoms with Gasteiger partial charge in [0.2, 0.25) is 0 Å². The largest absolute Gasteiger partial charge is 0.380 e. The third kappa shape index (κ3) is 2.71. The third-order valence-electron chi connectivity index (χ3n) is 4.02. The molecule has 1 N–H and O–H groups in total. The topological polar surface area (TPSA) is 43.4 Å². The molecule has 104 valence electrons. The highest BCUT2D eigenvalue weighted by atomic mass is 35.5. The molecule has 0 radical (unpaired) electrons. The van der Waals surface area contributed by atoms with Gasteiger partial charge in [0, 0.05) is 25.1 Å². The smallest absolute Gasteiger partial charge is 0.168 e. The number of pyridine rings is 1. The van der Waals surface area contributed by atoms with Gasteiger partial charge in [0.25, 0.3) is 0 Å². The predicted octanol–water partition coefficient (Wildman–Crippen LogP) is 3.14. The summed E-state index contributed by atoms with van der Waals surface area (Å²) in [5.74, 6) is -0.300. The van der Waals surface area contributed by atoms with Crippen molar-refractivity contribution >= 4 is 17.3 Å². The first-order valence-electron chi connectivity index (χ1n) is 6.84. The Morgan fingerprint density at radius 2 is 2.00 bits per heavy atom. The summed E-state index contributed by atoms with van der Waals surface area (Å²) in [6, 6.07) is 2.39. The fourth-order valence-electron chi connectivity index (χ4n) is 2.89. The van der Waals surface area contributed by atoms with Crippen LogP contribution in [0.4, 0.5) is 5.69 Å². The molecule has 0 bridgehead atoms. The zero-order valence-corrected chi connectivity index (χ0v) is 11.9. The van der Waals surface area contributed by atoms with Crippen LogP contribution in [0.25, 0.3) is 0 Å². The molecular formula is C14H19ClN2O2. The molecule has 0 aromatic carbocycles. The molecule has 2 aliphatic rings. The van der Waals surface area contributed by atoms with Crippen LogP contribution < -0.4 is 5.32 Å². The van der Waals surface area contributed by atoms with Gasteiger partial charge in [0.1, 0.15) is 0 Å². The van der Waals surface area contributed by atoms with Gasteiger partial charge in [0.15, 0.2) is 10.9 Å². The molecule has 1 aromatic rings. The minimum absolute atomic E-state index is 0.300. The van der Waals surface area contributed by atoms with Crippen LogP contribution in [0.3, 0.4) is 0 Å². The van der Waals surface area contributed by atoms with Crippen molar-refractivity contribution in [2.45, 2.75) is 44.4 Å². The summed E-state index contributed by atoms with van der Waals surface area (Å²) in [5.41, 5.74) is 2.09. The zero-order valence-electron chi connectivity index (χ0n) is 11.1. The highest BCUT2D eigenvalue weighted by molar-refractivity contribution is 6.32. The summed E-state index contributed by atoms with van der Waals surface area (Å²) < 4.78 is 11.5. The summed E-state index contributed by atoms with van der Waals surface area (Å²) in [6.07, 6.45) is 5.69. The van der Waals surface area contributed by atoms with E-state index in [0.717, 1.165) is 50.1 Å². The van der Waals surface area contributed by atoms with Crippen LogP contribution in [0.2, 0.25) is 5.15 Å². The molecule has 2 fully saturated rings. The molecule has 1 aromatic heterocycles. The number of nitrogens with zero attached hydrogens (tertiary/aromatic N) is 1. The lowest BCUT2D eigenvalue weighted by Gasteiger charge is -2.36. The Hall–Kier alpha value is -0.840. The first-order chi connectivity index (χ1) is 9.19.